The van der Waals surface area contributed by atoms with Crippen molar-refractivity contribution in [3.63, 3.8) is 0 Å². The summed E-state index contributed by atoms with van der Waals surface area (Å²) in [4.78, 5) is 2.19. The van der Waals surface area contributed by atoms with Crippen molar-refractivity contribution < 1.29 is 4.39 Å². The lowest BCUT2D eigenvalue weighted by Crippen LogP contribution is -2.36. The Balaban J connectivity index is 1.99. The molecule has 0 N–H and O–H groups in total. The average molecular weight is 303 g/mol. The summed E-state index contributed by atoms with van der Waals surface area (Å²) < 4.78 is 13.4. The van der Waals surface area contributed by atoms with Crippen molar-refractivity contribution in [3.05, 3.63) is 82.0 Å². The lowest BCUT2D eigenvalue weighted by molar-refractivity contribution is 0.442. The smallest absolute Gasteiger partial charge is 0.123 e. The molecule has 0 bridgehead atoms. The van der Waals surface area contributed by atoms with Crippen molar-refractivity contribution in [1.29, 1.82) is 0 Å². The van der Waals surface area contributed by atoms with Crippen molar-refractivity contribution in [2.24, 2.45) is 0 Å². The van der Waals surface area contributed by atoms with E-state index in [1.54, 1.807) is 12.1 Å². The Kier molecular flexibility index (Phi) is 3.19. The van der Waals surface area contributed by atoms with E-state index in [0.29, 0.717) is 0 Å². The number of rotatable bonds is 1. The van der Waals surface area contributed by atoms with Gasteiger partial charge in [0, 0.05) is 13.2 Å². The van der Waals surface area contributed by atoms with Gasteiger partial charge in [-0.05, 0) is 57.5 Å². The van der Waals surface area contributed by atoms with E-state index < -0.39 is 0 Å². The highest BCUT2D eigenvalue weighted by molar-refractivity contribution is 5.84. The first kappa shape index (κ1) is 14.0. The van der Waals surface area contributed by atoms with E-state index in [2.05, 4.69) is 60.6 Å². The molecule has 0 amide bonds. The van der Waals surface area contributed by atoms with Gasteiger partial charge in [0.1, 0.15) is 5.82 Å². The van der Waals surface area contributed by atoms with Crippen molar-refractivity contribution in [2.75, 3.05) is 7.05 Å². The number of hydrogen-bond acceptors (Lipinski definition) is 1. The lowest BCUT2D eigenvalue weighted by atomic mass is 9.95. The second-order valence-electron chi connectivity index (χ2n) is 6.20. The first-order valence-corrected chi connectivity index (χ1v) is 7.83. The van der Waals surface area contributed by atoms with Gasteiger partial charge in [-0.3, -0.25) is 0 Å². The minimum Gasteiger partial charge on any atom is -0.369 e. The summed E-state index contributed by atoms with van der Waals surface area (Å²) in [7, 11) is 2.07. The van der Waals surface area contributed by atoms with Crippen LogP contribution in [0.1, 0.15) is 17.2 Å². The van der Waals surface area contributed by atoms with Crippen LogP contribution in [-0.2, 0) is 0 Å². The first-order chi connectivity index (χ1) is 11.1. The molecule has 114 valence electrons. The molecule has 0 radical (unpaired) electrons. The van der Waals surface area contributed by atoms with Gasteiger partial charge in [-0.25, -0.2) is 4.39 Å². The summed E-state index contributed by atoms with van der Waals surface area (Å²) in [5.41, 5.74) is 2.12. The number of benzene rings is 3. The van der Waals surface area contributed by atoms with Crippen LogP contribution in [-0.4, -0.2) is 11.9 Å². The van der Waals surface area contributed by atoms with Crippen molar-refractivity contribution in [3.8, 4) is 0 Å². The van der Waals surface area contributed by atoms with Crippen LogP contribution in [0.3, 0.4) is 0 Å². The summed E-state index contributed by atoms with van der Waals surface area (Å²) in [6.45, 7) is 1.97. The van der Waals surface area contributed by atoms with Gasteiger partial charge in [-0.2, -0.15) is 0 Å². The molecule has 0 spiro atoms. The Bertz CT molecular complexity index is 1020. The molecule has 3 aromatic rings. The Morgan fingerprint density at radius 1 is 1.00 bits per heavy atom. The van der Waals surface area contributed by atoms with Crippen molar-refractivity contribution in [1.82, 2.24) is 4.90 Å². The highest BCUT2D eigenvalue weighted by Crippen LogP contribution is 2.26. The van der Waals surface area contributed by atoms with Crippen molar-refractivity contribution in [2.45, 2.75) is 13.0 Å². The summed E-state index contributed by atoms with van der Waals surface area (Å²) in [5, 5.41) is 4.99. The van der Waals surface area contributed by atoms with E-state index in [1.807, 2.05) is 13.0 Å². The third-order valence-corrected chi connectivity index (χ3v) is 4.66. The maximum atomic E-state index is 13.4. The lowest BCUT2D eigenvalue weighted by Gasteiger charge is -2.28. The minimum atomic E-state index is -0.181. The maximum Gasteiger partial charge on any atom is 0.123 e. The molecule has 1 heterocycles. The van der Waals surface area contributed by atoms with E-state index in [1.165, 1.54) is 21.2 Å². The minimum absolute atomic E-state index is 0.119. The first-order valence-electron chi connectivity index (χ1n) is 7.83. The van der Waals surface area contributed by atoms with E-state index >= 15 is 0 Å². The van der Waals surface area contributed by atoms with Crippen LogP contribution >= 0.6 is 0 Å². The summed E-state index contributed by atoms with van der Waals surface area (Å²) in [6, 6.07) is 17.9. The Hall–Kier alpha value is -2.61. The van der Waals surface area contributed by atoms with Crippen LogP contribution in [0.25, 0.3) is 23.0 Å². The van der Waals surface area contributed by atoms with Crippen LogP contribution in [0.15, 0.2) is 54.6 Å². The zero-order chi connectivity index (χ0) is 16.0. The SMILES string of the molecule is Cc1cc(F)ccc1C1C=c2c(ccc3ccccc23)=CN1C. The zero-order valence-corrected chi connectivity index (χ0v) is 13.3. The summed E-state index contributed by atoms with van der Waals surface area (Å²) in [5.74, 6) is -0.181. The van der Waals surface area contributed by atoms with Gasteiger partial charge < -0.3 is 4.90 Å². The highest BCUT2D eigenvalue weighted by Gasteiger charge is 2.18. The topological polar surface area (TPSA) is 3.24 Å². The summed E-state index contributed by atoms with van der Waals surface area (Å²) in [6.07, 6.45) is 4.47. The summed E-state index contributed by atoms with van der Waals surface area (Å²) >= 11 is 0. The molecule has 1 atom stereocenters. The number of aryl methyl sites for hydroxylation is 1. The molecule has 23 heavy (non-hydrogen) atoms. The van der Waals surface area contributed by atoms with Gasteiger partial charge in [0.25, 0.3) is 0 Å². The number of halogens is 1. The molecule has 0 saturated carbocycles. The molecule has 0 aromatic heterocycles. The largest absolute Gasteiger partial charge is 0.369 e. The van der Waals surface area contributed by atoms with Crippen LogP contribution < -0.4 is 10.4 Å². The van der Waals surface area contributed by atoms with Crippen LogP contribution in [0, 0.1) is 12.7 Å². The van der Waals surface area contributed by atoms with Gasteiger partial charge in [-0.1, -0.05) is 42.5 Å². The standard InChI is InChI=1S/C21H18FN/c1-14-11-17(22)9-10-18(14)21-12-20-16(13-23(21)2)8-7-15-5-3-4-6-19(15)20/h3-13,21H,1-2H3. The van der Waals surface area contributed by atoms with E-state index in [-0.39, 0.29) is 11.9 Å². The molecule has 0 fully saturated rings. The molecular weight excluding hydrogens is 285 g/mol. The van der Waals surface area contributed by atoms with Crippen LogP contribution in [0.4, 0.5) is 4.39 Å². The predicted octanol–water partition coefficient (Wildman–Crippen LogP) is 3.49. The third kappa shape index (κ3) is 2.31. The molecule has 3 aromatic carbocycles. The quantitative estimate of drug-likeness (QED) is 0.665. The van der Waals surface area contributed by atoms with Crippen LogP contribution in [0.2, 0.25) is 0 Å². The van der Waals surface area contributed by atoms with Gasteiger partial charge in [0.15, 0.2) is 0 Å². The molecule has 0 saturated heterocycles. The Morgan fingerprint density at radius 2 is 1.83 bits per heavy atom. The zero-order valence-electron chi connectivity index (χ0n) is 13.3. The fourth-order valence-corrected chi connectivity index (χ4v) is 3.47. The fourth-order valence-electron chi connectivity index (χ4n) is 3.47. The monoisotopic (exact) mass is 303 g/mol. The fraction of sp³-hybridized carbons (Fsp3) is 0.143. The van der Waals surface area contributed by atoms with Gasteiger partial charge in [0.05, 0.1) is 6.04 Å². The normalized spacial score (nSPS) is 16.7. The molecule has 4 rings (SSSR count). The highest BCUT2D eigenvalue weighted by atomic mass is 19.1. The maximum absolute atomic E-state index is 13.4. The number of nitrogens with zero attached hydrogens (tertiary/aromatic N) is 1. The molecular formula is C21H18FN. The number of fused-ring (bicyclic) bond motifs is 3. The Morgan fingerprint density at radius 3 is 2.65 bits per heavy atom. The van der Waals surface area contributed by atoms with E-state index in [4.69, 9.17) is 0 Å². The van der Waals surface area contributed by atoms with Crippen molar-refractivity contribution >= 4 is 23.0 Å². The van der Waals surface area contributed by atoms with Gasteiger partial charge in [0.2, 0.25) is 0 Å². The van der Waals surface area contributed by atoms with E-state index in [9.17, 15) is 4.39 Å². The van der Waals surface area contributed by atoms with Gasteiger partial charge >= 0.3 is 0 Å². The van der Waals surface area contributed by atoms with E-state index in [0.717, 1.165) is 11.1 Å². The molecule has 1 unspecified atom stereocenters. The molecule has 2 heteroatoms. The molecule has 0 aliphatic carbocycles. The number of hydrogen-bond donors (Lipinski definition) is 0. The Labute approximate surface area is 135 Å². The molecule has 1 nitrogen and oxygen atoms in total. The molecule has 1 aliphatic rings. The van der Waals surface area contributed by atoms with Gasteiger partial charge in [-0.15, -0.1) is 0 Å². The third-order valence-electron chi connectivity index (χ3n) is 4.66. The predicted molar refractivity (Wildman–Crippen MR) is 93.8 cm³/mol. The second kappa shape index (κ2) is 5.24. The van der Waals surface area contributed by atoms with Crippen LogP contribution in [0.5, 0.6) is 0 Å². The second-order valence-corrected chi connectivity index (χ2v) is 6.20. The molecule has 1 aliphatic heterocycles. The average Bonchev–Trinajstić information content (AvgIpc) is 2.54.